The molecule has 8 heteroatoms. The maximum Gasteiger partial charge on any atom is 0.413 e. The first kappa shape index (κ1) is 14.1. The number of hydrogen-bond donors (Lipinski definition) is 3. The third kappa shape index (κ3) is 2.51. The number of thiophene rings is 1. The van der Waals surface area contributed by atoms with E-state index in [1.165, 1.54) is 24.5 Å². The fourth-order valence-corrected chi connectivity index (χ4v) is 2.71. The third-order valence-electron chi connectivity index (χ3n) is 3.00. The highest BCUT2D eigenvalue weighted by Crippen LogP contribution is 2.27. The van der Waals surface area contributed by atoms with Crippen molar-refractivity contribution in [2.75, 3.05) is 12.4 Å². The highest BCUT2D eigenvalue weighted by atomic mass is 32.1. The van der Waals surface area contributed by atoms with Crippen molar-refractivity contribution in [1.29, 1.82) is 0 Å². The van der Waals surface area contributed by atoms with E-state index in [4.69, 9.17) is 0 Å². The molecule has 3 rings (SSSR count). The van der Waals surface area contributed by atoms with Gasteiger partial charge in [-0.1, -0.05) is 0 Å². The van der Waals surface area contributed by atoms with Gasteiger partial charge in [-0.3, -0.25) is 10.1 Å². The van der Waals surface area contributed by atoms with E-state index in [1.807, 2.05) is 0 Å². The first-order valence-electron chi connectivity index (χ1n) is 6.24. The lowest BCUT2D eigenvalue weighted by Gasteiger charge is -1.99. The molecule has 1 aromatic carbocycles. The largest absolute Gasteiger partial charge is 0.506 e. The van der Waals surface area contributed by atoms with E-state index in [2.05, 4.69) is 20.0 Å². The third-order valence-corrected chi connectivity index (χ3v) is 3.90. The predicted molar refractivity (Wildman–Crippen MR) is 81.5 cm³/mol. The molecule has 0 atom stereocenters. The molecule has 0 spiro atoms. The lowest BCUT2D eigenvalue weighted by Crippen LogP contribution is -2.11. The Balaban J connectivity index is 1.94. The number of amides is 1. The van der Waals surface area contributed by atoms with Crippen LogP contribution in [0.3, 0.4) is 0 Å². The average molecular weight is 317 g/mol. The number of methoxy groups -OCH3 is 1. The maximum atomic E-state index is 12.3. The summed E-state index contributed by atoms with van der Waals surface area (Å²) < 4.78 is 4.48. The van der Waals surface area contributed by atoms with Crippen molar-refractivity contribution in [1.82, 2.24) is 9.97 Å². The van der Waals surface area contributed by atoms with Crippen LogP contribution in [0.2, 0.25) is 0 Å². The number of anilines is 1. The number of imidazole rings is 1. The van der Waals surface area contributed by atoms with Crippen molar-refractivity contribution in [2.45, 2.75) is 0 Å². The van der Waals surface area contributed by atoms with Crippen molar-refractivity contribution in [2.24, 2.45) is 0 Å². The number of H-pyrrole nitrogens is 1. The van der Waals surface area contributed by atoms with Gasteiger partial charge >= 0.3 is 6.09 Å². The van der Waals surface area contributed by atoms with Crippen molar-refractivity contribution >= 4 is 40.2 Å². The van der Waals surface area contributed by atoms with Gasteiger partial charge in [-0.15, -0.1) is 11.3 Å². The zero-order valence-electron chi connectivity index (χ0n) is 11.4. The molecule has 112 valence electrons. The predicted octanol–water partition coefficient (Wildman–Crippen LogP) is 2.74. The molecule has 0 bridgehead atoms. The van der Waals surface area contributed by atoms with Crippen LogP contribution in [0.15, 0.2) is 29.6 Å². The summed E-state index contributed by atoms with van der Waals surface area (Å²) >= 11 is 1.18. The zero-order valence-corrected chi connectivity index (χ0v) is 12.2. The fraction of sp³-hybridized carbons (Fsp3) is 0.0714. The monoisotopic (exact) mass is 317 g/mol. The topological polar surface area (TPSA) is 104 Å². The molecule has 0 aliphatic rings. The summed E-state index contributed by atoms with van der Waals surface area (Å²) in [5.74, 6) is -0.0790. The van der Waals surface area contributed by atoms with E-state index in [1.54, 1.807) is 23.6 Å². The number of nitrogens with one attached hydrogen (secondary N) is 2. The number of fused-ring (bicyclic) bond motifs is 1. The molecule has 22 heavy (non-hydrogen) atoms. The van der Waals surface area contributed by atoms with Crippen molar-refractivity contribution in [3.8, 4) is 5.75 Å². The molecule has 1 amide bonds. The van der Waals surface area contributed by atoms with Gasteiger partial charge in [0.2, 0.25) is 11.7 Å². The Hall–Kier alpha value is -2.87. The van der Waals surface area contributed by atoms with Crippen LogP contribution in [0.25, 0.3) is 11.0 Å². The number of aromatic amines is 1. The average Bonchev–Trinajstić information content (AvgIpc) is 3.10. The van der Waals surface area contributed by atoms with Crippen LogP contribution >= 0.6 is 11.3 Å². The molecule has 0 aliphatic carbocycles. The molecule has 2 heterocycles. The molecule has 0 fully saturated rings. The second-order valence-corrected chi connectivity index (χ2v) is 5.31. The molecule has 0 saturated carbocycles. The summed E-state index contributed by atoms with van der Waals surface area (Å²) in [7, 11) is 1.25. The summed E-state index contributed by atoms with van der Waals surface area (Å²) in [5.41, 5.74) is 1.60. The van der Waals surface area contributed by atoms with E-state index in [9.17, 15) is 14.7 Å². The number of carbonyl (C=O) groups excluding carboxylic acids is 2. The Morgan fingerprint density at radius 3 is 2.86 bits per heavy atom. The second kappa shape index (κ2) is 5.49. The number of benzene rings is 1. The number of aromatic hydroxyl groups is 1. The van der Waals surface area contributed by atoms with Crippen molar-refractivity contribution in [3.63, 3.8) is 0 Å². The Bertz CT molecular complexity index is 868. The molecule has 2 aromatic heterocycles. The van der Waals surface area contributed by atoms with Crippen LogP contribution in [0.1, 0.15) is 15.2 Å². The number of ether oxygens (including phenoxy) is 1. The molecule has 7 nitrogen and oxygen atoms in total. The summed E-state index contributed by atoms with van der Waals surface area (Å²) in [5, 5.41) is 13.7. The molecular weight excluding hydrogens is 306 g/mol. The van der Waals surface area contributed by atoms with Gasteiger partial charge in [0.05, 0.1) is 18.1 Å². The van der Waals surface area contributed by atoms with Crippen LogP contribution in [-0.4, -0.2) is 34.1 Å². The Kier molecular flexibility index (Phi) is 3.51. The summed E-state index contributed by atoms with van der Waals surface area (Å²) in [6.45, 7) is 0. The fourth-order valence-electron chi connectivity index (χ4n) is 1.96. The number of nitrogens with zero attached hydrogens (tertiary/aromatic N) is 1. The van der Waals surface area contributed by atoms with Crippen LogP contribution in [-0.2, 0) is 4.74 Å². The molecule has 0 saturated heterocycles. The number of hydrogen-bond acceptors (Lipinski definition) is 6. The van der Waals surface area contributed by atoms with E-state index in [0.29, 0.717) is 16.6 Å². The minimum atomic E-state index is -0.640. The SMILES string of the molecule is COC(=O)Nc1nc2ccc(C(=O)c3sccc3O)cc2[nH]1. The Morgan fingerprint density at radius 2 is 2.18 bits per heavy atom. The smallest absolute Gasteiger partial charge is 0.413 e. The van der Waals surface area contributed by atoms with Gasteiger partial charge in [-0.2, -0.15) is 0 Å². The molecule has 0 aliphatic heterocycles. The van der Waals surface area contributed by atoms with Crippen molar-refractivity contribution in [3.05, 3.63) is 40.1 Å². The lowest BCUT2D eigenvalue weighted by atomic mass is 10.1. The standard InChI is InChI=1S/C14H11N3O4S/c1-21-14(20)17-13-15-8-3-2-7(6-9(8)16-13)11(19)12-10(18)4-5-22-12/h2-6,18H,1H3,(H2,15,16,17,20). The first-order chi connectivity index (χ1) is 10.6. The van der Waals surface area contributed by atoms with E-state index in [-0.39, 0.29) is 22.4 Å². The van der Waals surface area contributed by atoms with Gasteiger partial charge in [-0.05, 0) is 29.6 Å². The van der Waals surface area contributed by atoms with Gasteiger partial charge in [0.1, 0.15) is 10.6 Å². The van der Waals surface area contributed by atoms with Crippen LogP contribution in [0.5, 0.6) is 5.75 Å². The first-order valence-corrected chi connectivity index (χ1v) is 7.12. The summed E-state index contributed by atoms with van der Waals surface area (Å²) in [4.78, 5) is 30.8. The zero-order chi connectivity index (χ0) is 15.7. The van der Waals surface area contributed by atoms with Crippen LogP contribution < -0.4 is 5.32 Å². The van der Waals surface area contributed by atoms with Gasteiger partial charge in [-0.25, -0.2) is 9.78 Å². The number of ketones is 1. The van der Waals surface area contributed by atoms with Gasteiger partial charge in [0.25, 0.3) is 0 Å². The second-order valence-electron chi connectivity index (χ2n) is 4.40. The molecule has 0 unspecified atom stereocenters. The van der Waals surface area contributed by atoms with Gasteiger partial charge < -0.3 is 14.8 Å². The summed E-state index contributed by atoms with van der Waals surface area (Å²) in [6, 6.07) is 6.37. The molecule has 3 aromatic rings. The van der Waals surface area contributed by atoms with E-state index < -0.39 is 6.09 Å². The number of carbonyl (C=O) groups is 2. The minimum Gasteiger partial charge on any atom is -0.506 e. The van der Waals surface area contributed by atoms with E-state index >= 15 is 0 Å². The highest BCUT2D eigenvalue weighted by Gasteiger charge is 2.16. The lowest BCUT2D eigenvalue weighted by molar-refractivity contribution is 0.104. The molecule has 0 radical (unpaired) electrons. The van der Waals surface area contributed by atoms with E-state index in [0.717, 1.165) is 0 Å². The highest BCUT2D eigenvalue weighted by molar-refractivity contribution is 7.12. The minimum absolute atomic E-state index is 0.0345. The van der Waals surface area contributed by atoms with Gasteiger partial charge in [0, 0.05) is 5.56 Å². The van der Waals surface area contributed by atoms with Crippen molar-refractivity contribution < 1.29 is 19.4 Å². The molecule has 3 N–H and O–H groups in total. The normalized spacial score (nSPS) is 10.6. The number of aromatic nitrogens is 2. The maximum absolute atomic E-state index is 12.3. The Morgan fingerprint density at radius 1 is 1.36 bits per heavy atom. The summed E-state index contributed by atoms with van der Waals surface area (Å²) in [6.07, 6.45) is -0.640. The van der Waals surface area contributed by atoms with Gasteiger partial charge in [0.15, 0.2) is 0 Å². The van der Waals surface area contributed by atoms with Crippen LogP contribution in [0.4, 0.5) is 10.7 Å². The quantitative estimate of drug-likeness (QED) is 0.644. The Labute approximate surface area is 128 Å². The van der Waals surface area contributed by atoms with Crippen LogP contribution in [0, 0.1) is 0 Å². The molecular formula is C14H11N3O4S. The number of rotatable bonds is 3.